The maximum atomic E-state index is 4.07. The van der Waals surface area contributed by atoms with Crippen LogP contribution in [0.1, 0.15) is 23.4 Å². The Kier molecular flexibility index (Phi) is 3.29. The van der Waals surface area contributed by atoms with Crippen LogP contribution in [0, 0.1) is 0 Å². The monoisotopic (exact) mass is 224 g/mol. The van der Waals surface area contributed by atoms with E-state index >= 15 is 0 Å². The van der Waals surface area contributed by atoms with Crippen molar-refractivity contribution in [1.82, 2.24) is 10.3 Å². The molecular weight excluding hydrogens is 212 g/mol. The van der Waals surface area contributed by atoms with Crippen molar-refractivity contribution in [3.05, 3.63) is 39.0 Å². The summed E-state index contributed by atoms with van der Waals surface area (Å²) in [6.07, 6.45) is 1.93. The van der Waals surface area contributed by atoms with Gasteiger partial charge in [0, 0.05) is 23.7 Å². The van der Waals surface area contributed by atoms with Gasteiger partial charge >= 0.3 is 0 Å². The van der Waals surface area contributed by atoms with Crippen molar-refractivity contribution in [2.24, 2.45) is 0 Å². The van der Waals surface area contributed by atoms with Crippen molar-refractivity contribution in [2.45, 2.75) is 19.5 Å². The summed E-state index contributed by atoms with van der Waals surface area (Å²) in [4.78, 5) is 5.36. The highest BCUT2D eigenvalue weighted by Gasteiger charge is 2.05. The number of thiazole rings is 1. The fraction of sp³-hybridized carbons (Fsp3) is 0.300. The third-order valence-corrected chi connectivity index (χ3v) is 3.76. The van der Waals surface area contributed by atoms with E-state index in [1.54, 1.807) is 22.7 Å². The highest BCUT2D eigenvalue weighted by Crippen LogP contribution is 2.17. The zero-order valence-corrected chi connectivity index (χ0v) is 9.57. The van der Waals surface area contributed by atoms with E-state index in [9.17, 15) is 0 Å². The van der Waals surface area contributed by atoms with Gasteiger partial charge < -0.3 is 5.32 Å². The van der Waals surface area contributed by atoms with E-state index in [0.717, 1.165) is 6.54 Å². The summed E-state index contributed by atoms with van der Waals surface area (Å²) >= 11 is 3.44. The molecule has 14 heavy (non-hydrogen) atoms. The van der Waals surface area contributed by atoms with Crippen molar-refractivity contribution in [3.8, 4) is 0 Å². The van der Waals surface area contributed by atoms with Gasteiger partial charge in [0.2, 0.25) is 0 Å². The molecule has 2 aromatic heterocycles. The zero-order valence-electron chi connectivity index (χ0n) is 7.93. The molecule has 2 rings (SSSR count). The lowest BCUT2D eigenvalue weighted by Gasteiger charge is -2.10. The molecule has 0 radical (unpaired) electrons. The normalized spacial score (nSPS) is 12.9. The molecule has 0 spiro atoms. The Hall–Kier alpha value is -0.710. The second-order valence-corrected chi connectivity index (χ2v) is 4.84. The molecule has 0 aliphatic heterocycles. The molecule has 0 aliphatic rings. The van der Waals surface area contributed by atoms with E-state index in [1.807, 2.05) is 11.7 Å². The molecule has 2 aromatic rings. The van der Waals surface area contributed by atoms with Crippen molar-refractivity contribution in [1.29, 1.82) is 0 Å². The first kappa shape index (κ1) is 9.83. The summed E-state index contributed by atoms with van der Waals surface area (Å²) in [7, 11) is 0. The van der Waals surface area contributed by atoms with Crippen LogP contribution in [0.4, 0.5) is 0 Å². The molecule has 0 saturated carbocycles. The molecule has 74 valence electrons. The Labute approximate surface area is 91.6 Å². The van der Waals surface area contributed by atoms with Gasteiger partial charge in [0.25, 0.3) is 0 Å². The minimum Gasteiger partial charge on any atom is -0.305 e. The van der Waals surface area contributed by atoms with Crippen LogP contribution in [0.15, 0.2) is 28.5 Å². The van der Waals surface area contributed by atoms with Gasteiger partial charge in [0.15, 0.2) is 0 Å². The maximum Gasteiger partial charge on any atom is 0.0794 e. The van der Waals surface area contributed by atoms with Gasteiger partial charge in [-0.1, -0.05) is 0 Å². The highest BCUT2D eigenvalue weighted by molar-refractivity contribution is 7.09. The standard InChI is InChI=1S/C10H12N2S2/c1-8(10-5-11-7-14-10)12-4-9-2-3-13-6-9/h2-3,5-8,12H,4H2,1H3. The van der Waals surface area contributed by atoms with E-state index in [-0.39, 0.29) is 0 Å². The van der Waals surface area contributed by atoms with Gasteiger partial charge in [0.1, 0.15) is 0 Å². The lowest BCUT2D eigenvalue weighted by Crippen LogP contribution is -2.16. The molecule has 1 N–H and O–H groups in total. The molecule has 1 atom stereocenters. The Bertz CT molecular complexity index is 353. The van der Waals surface area contributed by atoms with Gasteiger partial charge in [-0.3, -0.25) is 4.98 Å². The van der Waals surface area contributed by atoms with Crippen LogP contribution in [-0.2, 0) is 6.54 Å². The van der Waals surface area contributed by atoms with Crippen molar-refractivity contribution in [2.75, 3.05) is 0 Å². The second-order valence-electron chi connectivity index (χ2n) is 3.14. The largest absolute Gasteiger partial charge is 0.305 e. The minimum atomic E-state index is 0.391. The van der Waals surface area contributed by atoms with E-state index in [0.29, 0.717) is 6.04 Å². The minimum absolute atomic E-state index is 0.391. The third kappa shape index (κ3) is 2.41. The number of hydrogen-bond acceptors (Lipinski definition) is 4. The lowest BCUT2D eigenvalue weighted by atomic mass is 10.2. The predicted molar refractivity (Wildman–Crippen MR) is 61.7 cm³/mol. The lowest BCUT2D eigenvalue weighted by molar-refractivity contribution is 0.583. The van der Waals surface area contributed by atoms with Gasteiger partial charge in [-0.05, 0) is 29.3 Å². The van der Waals surface area contributed by atoms with Crippen molar-refractivity contribution in [3.63, 3.8) is 0 Å². The number of rotatable bonds is 4. The smallest absolute Gasteiger partial charge is 0.0794 e. The fourth-order valence-corrected chi connectivity index (χ4v) is 2.53. The third-order valence-electron chi connectivity index (χ3n) is 2.07. The highest BCUT2D eigenvalue weighted by atomic mass is 32.1. The van der Waals surface area contributed by atoms with E-state index in [4.69, 9.17) is 0 Å². The zero-order chi connectivity index (χ0) is 9.80. The molecule has 2 heterocycles. The Morgan fingerprint density at radius 2 is 2.50 bits per heavy atom. The Balaban J connectivity index is 1.87. The Morgan fingerprint density at radius 1 is 1.57 bits per heavy atom. The quantitative estimate of drug-likeness (QED) is 0.863. The summed E-state index contributed by atoms with van der Waals surface area (Å²) < 4.78 is 0. The average Bonchev–Trinajstić information content (AvgIpc) is 2.87. The molecule has 0 aromatic carbocycles. The van der Waals surface area contributed by atoms with E-state index < -0.39 is 0 Å². The van der Waals surface area contributed by atoms with Crippen LogP contribution in [-0.4, -0.2) is 4.98 Å². The SMILES string of the molecule is CC(NCc1ccsc1)c1cncs1. The van der Waals surface area contributed by atoms with Crippen LogP contribution in [0.3, 0.4) is 0 Å². The summed E-state index contributed by atoms with van der Waals surface area (Å²) in [5.41, 5.74) is 3.23. The van der Waals surface area contributed by atoms with Gasteiger partial charge in [-0.2, -0.15) is 11.3 Å². The van der Waals surface area contributed by atoms with Crippen LogP contribution in [0.2, 0.25) is 0 Å². The molecule has 0 aliphatic carbocycles. The van der Waals surface area contributed by atoms with E-state index in [1.165, 1.54) is 10.4 Å². The second kappa shape index (κ2) is 4.68. The van der Waals surface area contributed by atoms with Gasteiger partial charge in [-0.25, -0.2) is 0 Å². The molecule has 2 nitrogen and oxygen atoms in total. The van der Waals surface area contributed by atoms with Crippen molar-refractivity contribution >= 4 is 22.7 Å². The number of thiophene rings is 1. The van der Waals surface area contributed by atoms with Gasteiger partial charge in [0.05, 0.1) is 5.51 Å². The van der Waals surface area contributed by atoms with Crippen molar-refractivity contribution < 1.29 is 0 Å². The van der Waals surface area contributed by atoms with Crippen LogP contribution in [0.25, 0.3) is 0 Å². The summed E-state index contributed by atoms with van der Waals surface area (Å²) in [5, 5.41) is 7.74. The molecular formula is C10H12N2S2. The molecule has 4 heteroatoms. The number of nitrogens with zero attached hydrogens (tertiary/aromatic N) is 1. The molecule has 0 bridgehead atoms. The predicted octanol–water partition coefficient (Wildman–Crippen LogP) is 3.06. The van der Waals surface area contributed by atoms with Gasteiger partial charge in [-0.15, -0.1) is 11.3 Å². The first-order chi connectivity index (χ1) is 6.86. The fourth-order valence-electron chi connectivity index (χ4n) is 1.20. The maximum absolute atomic E-state index is 4.07. The van der Waals surface area contributed by atoms with Crippen LogP contribution < -0.4 is 5.32 Å². The first-order valence-corrected chi connectivity index (χ1v) is 6.31. The van der Waals surface area contributed by atoms with Crippen LogP contribution in [0.5, 0.6) is 0 Å². The molecule has 1 unspecified atom stereocenters. The Morgan fingerprint density at radius 3 is 3.14 bits per heavy atom. The molecule has 0 fully saturated rings. The molecule has 0 saturated heterocycles. The number of hydrogen-bond donors (Lipinski definition) is 1. The van der Waals surface area contributed by atoms with E-state index in [2.05, 4.69) is 34.1 Å². The number of nitrogens with one attached hydrogen (secondary N) is 1. The summed E-state index contributed by atoms with van der Waals surface area (Å²) in [6, 6.07) is 2.54. The first-order valence-electron chi connectivity index (χ1n) is 4.49. The summed E-state index contributed by atoms with van der Waals surface area (Å²) in [5.74, 6) is 0. The topological polar surface area (TPSA) is 24.9 Å². The average molecular weight is 224 g/mol. The number of aromatic nitrogens is 1. The van der Waals surface area contributed by atoms with Crippen LogP contribution >= 0.6 is 22.7 Å². The summed E-state index contributed by atoms with van der Waals surface area (Å²) in [6.45, 7) is 3.10. The molecule has 0 amide bonds.